The van der Waals surface area contributed by atoms with Gasteiger partial charge in [0.1, 0.15) is 10.6 Å². The number of hydrogen-bond donors (Lipinski definition) is 1. The molecule has 176 valence electrons. The Kier molecular flexibility index (Phi) is 6.32. The number of benzene rings is 1. The highest BCUT2D eigenvalue weighted by Gasteiger charge is 2.30. The zero-order valence-electron chi connectivity index (χ0n) is 18.9. The van der Waals surface area contributed by atoms with Crippen LogP contribution >= 0.6 is 12.2 Å². The van der Waals surface area contributed by atoms with Crippen LogP contribution in [-0.4, -0.2) is 63.4 Å². The molecule has 0 atom stereocenters. The number of rotatable bonds is 6. The number of aryl methyl sites for hydroxylation is 3. The summed E-state index contributed by atoms with van der Waals surface area (Å²) >= 11 is 5.70. The molecule has 3 heterocycles. The maximum atomic E-state index is 13.0. The second-order valence-electron chi connectivity index (χ2n) is 8.41. The number of hydrogen-bond acceptors (Lipinski definition) is 5. The van der Waals surface area contributed by atoms with E-state index in [0.29, 0.717) is 37.6 Å². The summed E-state index contributed by atoms with van der Waals surface area (Å²) in [5.74, 6) is -0.659. The second kappa shape index (κ2) is 8.90. The van der Waals surface area contributed by atoms with Crippen LogP contribution in [0.1, 0.15) is 21.6 Å². The first-order chi connectivity index (χ1) is 15.6. The molecule has 0 radical (unpaired) electrons. The third-order valence-corrected chi connectivity index (χ3v) is 8.31. The molecule has 2 aromatic heterocycles. The molecule has 3 aromatic rings. The van der Waals surface area contributed by atoms with Gasteiger partial charge in [0.15, 0.2) is 4.77 Å². The number of carbonyl (C=O) groups excluding carboxylic acids is 1. The average Bonchev–Trinajstić information content (AvgIpc) is 3.32. The topological polar surface area (TPSA) is 98.5 Å². The van der Waals surface area contributed by atoms with E-state index in [9.17, 15) is 13.2 Å². The summed E-state index contributed by atoms with van der Waals surface area (Å²) in [5.41, 5.74) is 8.90. The van der Waals surface area contributed by atoms with Gasteiger partial charge in [0.25, 0.3) is 5.91 Å². The molecule has 1 aromatic carbocycles. The van der Waals surface area contributed by atoms with Gasteiger partial charge in [-0.05, 0) is 43.8 Å². The highest BCUT2D eigenvalue weighted by atomic mass is 32.2. The van der Waals surface area contributed by atoms with Gasteiger partial charge in [0.2, 0.25) is 10.0 Å². The molecule has 0 bridgehead atoms. The van der Waals surface area contributed by atoms with Crippen LogP contribution in [0.4, 0.5) is 0 Å². The molecule has 1 aliphatic heterocycles. The van der Waals surface area contributed by atoms with Gasteiger partial charge in [-0.25, -0.2) is 8.42 Å². The van der Waals surface area contributed by atoms with Gasteiger partial charge >= 0.3 is 0 Å². The first kappa shape index (κ1) is 23.4. The van der Waals surface area contributed by atoms with Gasteiger partial charge in [0, 0.05) is 51.8 Å². The molecular weight excluding hydrogens is 460 g/mol. The van der Waals surface area contributed by atoms with E-state index in [1.807, 2.05) is 21.5 Å². The molecule has 0 spiro atoms. The first-order valence-corrected chi connectivity index (χ1v) is 12.5. The van der Waals surface area contributed by atoms with Crippen LogP contribution in [0.2, 0.25) is 0 Å². The Labute approximate surface area is 198 Å². The minimum Gasteiger partial charge on any atom is -0.364 e. The smallest absolute Gasteiger partial charge is 0.265 e. The summed E-state index contributed by atoms with van der Waals surface area (Å²) in [4.78, 5) is 13.7. The van der Waals surface area contributed by atoms with Crippen LogP contribution in [0.3, 0.4) is 0 Å². The largest absolute Gasteiger partial charge is 0.364 e. The van der Waals surface area contributed by atoms with Gasteiger partial charge in [-0.1, -0.05) is 17.7 Å². The summed E-state index contributed by atoms with van der Waals surface area (Å²) in [7, 11) is -2.09. The molecule has 1 aliphatic rings. The number of carbonyl (C=O) groups is 1. The minimum absolute atomic E-state index is 0.0833. The van der Waals surface area contributed by atoms with Crippen LogP contribution < -0.4 is 5.73 Å². The maximum absolute atomic E-state index is 13.0. The number of sulfonamides is 1. The van der Waals surface area contributed by atoms with Crippen LogP contribution in [0, 0.1) is 18.6 Å². The fraction of sp³-hybridized carbons (Fsp3) is 0.364. The Morgan fingerprint density at radius 1 is 1.09 bits per heavy atom. The summed E-state index contributed by atoms with van der Waals surface area (Å²) in [6.45, 7) is 6.58. The van der Waals surface area contributed by atoms with E-state index in [2.05, 4.69) is 36.9 Å². The highest BCUT2D eigenvalue weighted by molar-refractivity contribution is 7.89. The van der Waals surface area contributed by atoms with Crippen molar-refractivity contribution in [2.24, 2.45) is 12.8 Å². The van der Waals surface area contributed by atoms with Crippen LogP contribution in [-0.2, 0) is 23.7 Å². The van der Waals surface area contributed by atoms with Crippen LogP contribution in [0.5, 0.6) is 0 Å². The minimum atomic E-state index is -3.70. The van der Waals surface area contributed by atoms with Crippen molar-refractivity contribution in [2.75, 3.05) is 26.2 Å². The Balaban J connectivity index is 1.44. The van der Waals surface area contributed by atoms with Gasteiger partial charge in [-0.2, -0.15) is 4.31 Å². The number of aromatic nitrogens is 3. The second-order valence-corrected chi connectivity index (χ2v) is 10.7. The molecule has 1 amide bonds. The monoisotopic (exact) mass is 488 g/mol. The molecule has 0 aliphatic carbocycles. The number of primary amides is 1. The van der Waals surface area contributed by atoms with Crippen molar-refractivity contribution >= 4 is 28.1 Å². The molecule has 0 saturated carbocycles. The number of nitrogens with zero attached hydrogens (tertiary/aromatic N) is 5. The Morgan fingerprint density at radius 2 is 1.79 bits per heavy atom. The van der Waals surface area contributed by atoms with Crippen molar-refractivity contribution in [2.45, 2.75) is 25.4 Å². The lowest BCUT2D eigenvalue weighted by molar-refractivity contribution is 0.0992. The van der Waals surface area contributed by atoms with E-state index < -0.39 is 15.9 Å². The number of nitrogens with two attached hydrogens (primary N) is 1. The van der Waals surface area contributed by atoms with E-state index in [1.54, 1.807) is 7.05 Å². The van der Waals surface area contributed by atoms with Gasteiger partial charge < -0.3 is 14.9 Å². The normalized spacial score (nSPS) is 15.7. The molecule has 33 heavy (non-hydrogen) atoms. The summed E-state index contributed by atoms with van der Waals surface area (Å²) in [6, 6.07) is 7.61. The van der Waals surface area contributed by atoms with Crippen LogP contribution in [0.25, 0.3) is 5.69 Å². The SMILES string of the molecule is Cc1ccc(-n2ccn(CN3CCN(S(=O)(=O)c4cc(C(N)=O)n(C)c4)CC3)c2=S)c(C)c1. The third kappa shape index (κ3) is 4.54. The fourth-order valence-corrected chi connectivity index (χ4v) is 5.95. The van der Waals surface area contributed by atoms with Crippen molar-refractivity contribution in [3.05, 3.63) is 64.4 Å². The molecule has 0 unspecified atom stereocenters. The first-order valence-electron chi connectivity index (χ1n) is 10.6. The van der Waals surface area contributed by atoms with Gasteiger partial charge in [0.05, 0.1) is 12.4 Å². The number of amides is 1. The molecular formula is C22H28N6O3S2. The third-order valence-electron chi connectivity index (χ3n) is 6.01. The van der Waals surface area contributed by atoms with Gasteiger partial charge in [-0.3, -0.25) is 14.3 Å². The Hall–Kier alpha value is -2.73. The lowest BCUT2D eigenvalue weighted by atomic mass is 10.1. The van der Waals surface area contributed by atoms with E-state index in [-0.39, 0.29) is 10.6 Å². The predicted molar refractivity (Wildman–Crippen MR) is 128 cm³/mol. The van der Waals surface area contributed by atoms with E-state index in [4.69, 9.17) is 18.0 Å². The predicted octanol–water partition coefficient (Wildman–Crippen LogP) is 2.03. The molecule has 11 heteroatoms. The summed E-state index contributed by atoms with van der Waals surface area (Å²) < 4.78 is 33.6. The number of imidazole rings is 1. The summed E-state index contributed by atoms with van der Waals surface area (Å²) in [5, 5.41) is 0. The quantitative estimate of drug-likeness (QED) is 0.536. The lowest BCUT2D eigenvalue weighted by Crippen LogP contribution is -2.48. The Morgan fingerprint density at radius 3 is 2.39 bits per heavy atom. The maximum Gasteiger partial charge on any atom is 0.265 e. The van der Waals surface area contributed by atoms with E-state index in [0.717, 1.165) is 11.3 Å². The number of piperazine rings is 1. The zero-order valence-corrected chi connectivity index (χ0v) is 20.6. The average molecular weight is 489 g/mol. The van der Waals surface area contributed by atoms with Crippen LogP contribution in [0.15, 0.2) is 47.8 Å². The van der Waals surface area contributed by atoms with E-state index >= 15 is 0 Å². The fourth-order valence-electron chi connectivity index (χ4n) is 4.18. The summed E-state index contributed by atoms with van der Waals surface area (Å²) in [6.07, 6.45) is 5.35. The van der Waals surface area contributed by atoms with Crippen molar-refractivity contribution in [3.8, 4) is 5.69 Å². The Bertz CT molecular complexity index is 1360. The van der Waals surface area contributed by atoms with Gasteiger partial charge in [-0.15, -0.1) is 0 Å². The standard InChI is InChI=1S/C22H28N6O3S2/c1-16-4-5-19(17(2)12-16)28-11-8-26(22(28)32)15-25-6-9-27(10-7-25)33(30,31)18-13-20(21(23)29)24(3)14-18/h4-5,8,11-14H,6-7,9-10,15H2,1-3H3,(H2,23,29). The molecule has 9 nitrogen and oxygen atoms in total. The van der Waals surface area contributed by atoms with Crippen molar-refractivity contribution < 1.29 is 13.2 Å². The van der Waals surface area contributed by atoms with Crippen molar-refractivity contribution in [3.63, 3.8) is 0 Å². The van der Waals surface area contributed by atoms with E-state index in [1.165, 1.54) is 26.7 Å². The lowest BCUT2D eigenvalue weighted by Gasteiger charge is -2.33. The highest BCUT2D eigenvalue weighted by Crippen LogP contribution is 2.21. The van der Waals surface area contributed by atoms with Crippen molar-refractivity contribution in [1.82, 2.24) is 22.9 Å². The zero-order chi connectivity index (χ0) is 23.9. The van der Waals surface area contributed by atoms with Crippen molar-refractivity contribution in [1.29, 1.82) is 0 Å². The molecule has 4 rings (SSSR count). The molecule has 1 fully saturated rings. The molecule has 2 N–H and O–H groups in total. The molecule has 1 saturated heterocycles.